The van der Waals surface area contributed by atoms with E-state index in [4.69, 9.17) is 0 Å². The zero-order valence-electron chi connectivity index (χ0n) is 13.0. The summed E-state index contributed by atoms with van der Waals surface area (Å²) in [5.74, 6) is 2.15. The highest BCUT2D eigenvalue weighted by molar-refractivity contribution is 5.43. The van der Waals surface area contributed by atoms with Crippen molar-refractivity contribution < 1.29 is 5.11 Å². The highest BCUT2D eigenvalue weighted by Crippen LogP contribution is 2.38. The smallest absolute Gasteiger partial charge is 0.226 e. The summed E-state index contributed by atoms with van der Waals surface area (Å²) in [4.78, 5) is 13.1. The third-order valence-corrected chi connectivity index (χ3v) is 4.50. The second-order valence-corrected chi connectivity index (χ2v) is 6.31. The molecule has 1 saturated heterocycles. The Hall–Kier alpha value is -1.36. The Labute approximate surface area is 121 Å². The van der Waals surface area contributed by atoms with Gasteiger partial charge in [0.05, 0.1) is 6.61 Å². The highest BCUT2D eigenvalue weighted by Gasteiger charge is 2.38. The predicted octanol–water partition coefficient (Wildman–Crippen LogP) is 1.78. The van der Waals surface area contributed by atoms with Gasteiger partial charge in [-0.25, -0.2) is 4.98 Å². The molecular weight excluding hydrogens is 252 g/mol. The molecule has 1 aromatic rings. The first-order valence-electron chi connectivity index (χ1n) is 7.35. The Morgan fingerprint density at radius 2 is 2.20 bits per heavy atom. The summed E-state index contributed by atoms with van der Waals surface area (Å²) in [7, 11) is 3.89. The second-order valence-electron chi connectivity index (χ2n) is 6.31. The fraction of sp³-hybridized carbons (Fsp3) is 0.733. The van der Waals surface area contributed by atoms with Crippen molar-refractivity contribution in [2.24, 2.45) is 11.3 Å². The summed E-state index contributed by atoms with van der Waals surface area (Å²) in [6, 6.07) is 1.96. The number of piperidine rings is 1. The van der Waals surface area contributed by atoms with Crippen LogP contribution in [0.15, 0.2) is 12.3 Å². The Balaban J connectivity index is 2.22. The van der Waals surface area contributed by atoms with Crippen LogP contribution in [0.25, 0.3) is 0 Å². The fourth-order valence-electron chi connectivity index (χ4n) is 2.87. The average molecular weight is 278 g/mol. The number of anilines is 2. The van der Waals surface area contributed by atoms with Crippen LogP contribution in [0.1, 0.15) is 26.7 Å². The van der Waals surface area contributed by atoms with Gasteiger partial charge in [0.15, 0.2) is 0 Å². The van der Waals surface area contributed by atoms with E-state index in [9.17, 15) is 5.11 Å². The summed E-state index contributed by atoms with van der Waals surface area (Å²) in [6.07, 6.45) is 3.99. The van der Waals surface area contributed by atoms with Gasteiger partial charge in [0.25, 0.3) is 0 Å². The second kappa shape index (κ2) is 5.95. The SMILES string of the molecule is CC(C)C1(CO)CCCN(c2ccnc(N(C)C)n2)C1. The molecule has 1 unspecified atom stereocenters. The Morgan fingerprint density at radius 3 is 2.80 bits per heavy atom. The van der Waals surface area contributed by atoms with Crippen molar-refractivity contribution in [3.63, 3.8) is 0 Å². The predicted molar refractivity (Wildman–Crippen MR) is 82.2 cm³/mol. The number of aliphatic hydroxyl groups excluding tert-OH is 1. The van der Waals surface area contributed by atoms with E-state index in [1.165, 1.54) is 0 Å². The molecule has 0 aliphatic carbocycles. The number of rotatable bonds is 4. The van der Waals surface area contributed by atoms with Crippen LogP contribution in [0.5, 0.6) is 0 Å². The molecule has 20 heavy (non-hydrogen) atoms. The number of hydrogen-bond acceptors (Lipinski definition) is 5. The summed E-state index contributed by atoms with van der Waals surface area (Å²) < 4.78 is 0. The number of nitrogens with zero attached hydrogens (tertiary/aromatic N) is 4. The third kappa shape index (κ3) is 2.87. The molecule has 2 rings (SSSR count). The topological polar surface area (TPSA) is 52.5 Å². The Kier molecular flexibility index (Phi) is 4.48. The van der Waals surface area contributed by atoms with Gasteiger partial charge in [0, 0.05) is 38.8 Å². The van der Waals surface area contributed by atoms with E-state index in [0.717, 1.165) is 37.7 Å². The molecular formula is C15H26N4O. The van der Waals surface area contributed by atoms with Crippen LogP contribution in [0.4, 0.5) is 11.8 Å². The molecule has 1 aromatic heterocycles. The van der Waals surface area contributed by atoms with Crippen LogP contribution in [0, 0.1) is 11.3 Å². The standard InChI is InChI=1S/C15H26N4O/c1-12(2)15(11-20)7-5-9-19(10-15)13-6-8-16-14(17-13)18(3)4/h6,8,12,20H,5,7,9-11H2,1-4H3. The summed E-state index contributed by atoms with van der Waals surface area (Å²) in [5, 5.41) is 9.85. The molecule has 5 nitrogen and oxygen atoms in total. The summed E-state index contributed by atoms with van der Waals surface area (Å²) in [6.45, 7) is 6.51. The minimum absolute atomic E-state index is 0.0124. The number of aromatic nitrogens is 2. The largest absolute Gasteiger partial charge is 0.396 e. The first-order valence-corrected chi connectivity index (χ1v) is 7.35. The van der Waals surface area contributed by atoms with E-state index in [0.29, 0.717) is 5.92 Å². The molecule has 1 fully saturated rings. The monoisotopic (exact) mass is 278 g/mol. The van der Waals surface area contributed by atoms with Crippen LogP contribution < -0.4 is 9.80 Å². The zero-order valence-corrected chi connectivity index (χ0v) is 13.0. The van der Waals surface area contributed by atoms with Gasteiger partial charge < -0.3 is 14.9 Å². The van der Waals surface area contributed by atoms with Gasteiger partial charge in [0.2, 0.25) is 5.95 Å². The van der Waals surface area contributed by atoms with Crippen molar-refractivity contribution in [2.75, 3.05) is 43.6 Å². The van der Waals surface area contributed by atoms with E-state index in [-0.39, 0.29) is 12.0 Å². The third-order valence-electron chi connectivity index (χ3n) is 4.50. The maximum atomic E-state index is 9.85. The van der Waals surface area contributed by atoms with Gasteiger partial charge in [-0.1, -0.05) is 13.8 Å². The quantitative estimate of drug-likeness (QED) is 0.910. The summed E-state index contributed by atoms with van der Waals surface area (Å²) >= 11 is 0. The Morgan fingerprint density at radius 1 is 1.45 bits per heavy atom. The van der Waals surface area contributed by atoms with Crippen molar-refractivity contribution in [3.8, 4) is 0 Å². The van der Waals surface area contributed by atoms with E-state index in [2.05, 4.69) is 28.7 Å². The molecule has 1 aliphatic heterocycles. The summed E-state index contributed by atoms with van der Waals surface area (Å²) in [5.41, 5.74) is -0.0124. The zero-order chi connectivity index (χ0) is 14.8. The van der Waals surface area contributed by atoms with Crippen LogP contribution in [0.3, 0.4) is 0 Å². The maximum Gasteiger partial charge on any atom is 0.226 e. The van der Waals surface area contributed by atoms with Gasteiger partial charge in [-0.15, -0.1) is 0 Å². The van der Waals surface area contributed by atoms with Gasteiger partial charge in [-0.2, -0.15) is 4.98 Å². The minimum atomic E-state index is -0.0124. The molecule has 1 aliphatic rings. The number of hydrogen-bond donors (Lipinski definition) is 1. The van der Waals surface area contributed by atoms with Crippen molar-refractivity contribution in [3.05, 3.63) is 12.3 Å². The van der Waals surface area contributed by atoms with Crippen molar-refractivity contribution in [1.82, 2.24) is 9.97 Å². The lowest BCUT2D eigenvalue weighted by molar-refractivity contribution is 0.0598. The minimum Gasteiger partial charge on any atom is -0.396 e. The normalized spacial score (nSPS) is 23.2. The van der Waals surface area contributed by atoms with Crippen LogP contribution in [-0.4, -0.2) is 48.9 Å². The molecule has 0 aromatic carbocycles. The molecule has 0 amide bonds. The van der Waals surface area contributed by atoms with E-state index < -0.39 is 0 Å². The lowest BCUT2D eigenvalue weighted by atomic mass is 9.72. The van der Waals surface area contributed by atoms with Crippen molar-refractivity contribution in [1.29, 1.82) is 0 Å². The maximum absolute atomic E-state index is 9.85. The van der Waals surface area contributed by atoms with E-state index >= 15 is 0 Å². The Bertz CT molecular complexity index is 449. The van der Waals surface area contributed by atoms with Gasteiger partial charge in [-0.05, 0) is 24.8 Å². The van der Waals surface area contributed by atoms with Gasteiger partial charge in [-0.3, -0.25) is 0 Å². The van der Waals surface area contributed by atoms with Crippen LogP contribution >= 0.6 is 0 Å². The van der Waals surface area contributed by atoms with Gasteiger partial charge in [0.1, 0.15) is 5.82 Å². The molecule has 0 bridgehead atoms. The molecule has 1 N–H and O–H groups in total. The molecule has 112 valence electrons. The average Bonchev–Trinajstić information content (AvgIpc) is 2.47. The van der Waals surface area contributed by atoms with E-state index in [1.807, 2.05) is 31.3 Å². The first kappa shape index (κ1) is 15.0. The van der Waals surface area contributed by atoms with Crippen molar-refractivity contribution >= 4 is 11.8 Å². The van der Waals surface area contributed by atoms with Gasteiger partial charge >= 0.3 is 0 Å². The molecule has 0 radical (unpaired) electrons. The van der Waals surface area contributed by atoms with Crippen LogP contribution in [0.2, 0.25) is 0 Å². The number of aliphatic hydroxyl groups is 1. The molecule has 0 saturated carbocycles. The molecule has 0 spiro atoms. The molecule has 2 heterocycles. The molecule has 1 atom stereocenters. The lowest BCUT2D eigenvalue weighted by Crippen LogP contribution is -2.48. The fourth-order valence-corrected chi connectivity index (χ4v) is 2.87. The first-order chi connectivity index (χ1) is 9.48. The van der Waals surface area contributed by atoms with Crippen LogP contribution in [-0.2, 0) is 0 Å². The lowest BCUT2D eigenvalue weighted by Gasteiger charge is -2.45. The highest BCUT2D eigenvalue weighted by atomic mass is 16.3. The van der Waals surface area contributed by atoms with E-state index in [1.54, 1.807) is 0 Å². The van der Waals surface area contributed by atoms with Crippen molar-refractivity contribution in [2.45, 2.75) is 26.7 Å². The molecule has 5 heteroatoms.